The van der Waals surface area contributed by atoms with Crippen LogP contribution < -0.4 is 10.1 Å². The molecule has 2 aromatic heterocycles. The first-order valence-electron chi connectivity index (χ1n) is 6.78. The van der Waals surface area contributed by atoms with Gasteiger partial charge in [-0.1, -0.05) is 0 Å². The molecule has 3 rings (SSSR count). The van der Waals surface area contributed by atoms with Crippen LogP contribution in [0.25, 0.3) is 11.3 Å². The van der Waals surface area contributed by atoms with Gasteiger partial charge in [-0.05, 0) is 36.4 Å². The third-order valence-electron chi connectivity index (χ3n) is 3.00. The molecule has 0 amide bonds. The maximum atomic E-state index is 12.1. The number of aromatic nitrogens is 2. The minimum atomic E-state index is -2.86. The Hall–Kier alpha value is -3.47. The summed E-state index contributed by atoms with van der Waals surface area (Å²) >= 11 is 0. The van der Waals surface area contributed by atoms with Crippen LogP contribution in [0.4, 0.5) is 20.5 Å². The second kappa shape index (κ2) is 6.75. The molecule has 24 heavy (non-hydrogen) atoms. The van der Waals surface area contributed by atoms with E-state index < -0.39 is 6.61 Å². The highest BCUT2D eigenvalue weighted by Crippen LogP contribution is 2.26. The van der Waals surface area contributed by atoms with Crippen molar-refractivity contribution in [3.63, 3.8) is 0 Å². The average molecular weight is 328 g/mol. The summed E-state index contributed by atoms with van der Waals surface area (Å²) in [4.78, 5) is 8.00. The summed E-state index contributed by atoms with van der Waals surface area (Å²) in [6.07, 6.45) is 2.99. The highest BCUT2D eigenvalue weighted by Gasteiger charge is 2.09. The summed E-state index contributed by atoms with van der Waals surface area (Å²) in [6.45, 7) is -2.86. The van der Waals surface area contributed by atoms with Crippen LogP contribution >= 0.6 is 0 Å². The molecule has 0 aliphatic heterocycles. The van der Waals surface area contributed by atoms with Gasteiger partial charge in [0.15, 0.2) is 5.76 Å². The normalized spacial score (nSPS) is 10.4. The molecule has 120 valence electrons. The van der Waals surface area contributed by atoms with Crippen molar-refractivity contribution < 1.29 is 17.9 Å². The van der Waals surface area contributed by atoms with E-state index in [1.807, 2.05) is 6.07 Å². The number of halogens is 2. The van der Waals surface area contributed by atoms with Crippen molar-refractivity contribution in [2.45, 2.75) is 6.61 Å². The van der Waals surface area contributed by atoms with Crippen molar-refractivity contribution >= 4 is 11.7 Å². The number of hydrogen-bond donors (Lipinski definition) is 1. The van der Waals surface area contributed by atoms with Crippen LogP contribution in [0.2, 0.25) is 0 Å². The van der Waals surface area contributed by atoms with Crippen LogP contribution in [0.1, 0.15) is 5.69 Å². The van der Waals surface area contributed by atoms with E-state index in [-0.39, 0.29) is 11.8 Å². The lowest BCUT2D eigenvalue weighted by Gasteiger charge is -2.04. The van der Waals surface area contributed by atoms with Gasteiger partial charge in [-0.2, -0.15) is 14.0 Å². The Labute approximate surface area is 135 Å². The Balaban J connectivity index is 1.71. The molecule has 6 nitrogen and oxygen atoms in total. The van der Waals surface area contributed by atoms with E-state index in [1.165, 1.54) is 24.5 Å². The number of ether oxygens (including phenoxy) is 1. The summed E-state index contributed by atoms with van der Waals surface area (Å²) in [7, 11) is 0. The van der Waals surface area contributed by atoms with Gasteiger partial charge in [0.05, 0.1) is 18.1 Å². The molecule has 8 heteroatoms. The van der Waals surface area contributed by atoms with Gasteiger partial charge in [-0.15, -0.1) is 0 Å². The minimum absolute atomic E-state index is 0.0651. The lowest BCUT2D eigenvalue weighted by molar-refractivity contribution is -0.0498. The van der Waals surface area contributed by atoms with Crippen molar-refractivity contribution in [2.75, 3.05) is 5.32 Å². The second-order valence-electron chi connectivity index (χ2n) is 4.60. The lowest BCUT2D eigenvalue weighted by atomic mass is 10.2. The van der Waals surface area contributed by atoms with Gasteiger partial charge in [0.25, 0.3) is 6.01 Å². The predicted molar refractivity (Wildman–Crippen MR) is 80.8 cm³/mol. The van der Waals surface area contributed by atoms with E-state index in [2.05, 4.69) is 20.0 Å². The summed E-state index contributed by atoms with van der Waals surface area (Å²) in [5.41, 5.74) is 1.58. The first-order valence-corrected chi connectivity index (χ1v) is 6.78. The highest BCUT2D eigenvalue weighted by atomic mass is 19.3. The topological polar surface area (TPSA) is 84.0 Å². The van der Waals surface area contributed by atoms with E-state index in [0.717, 1.165) is 0 Å². The van der Waals surface area contributed by atoms with Gasteiger partial charge in [-0.3, -0.25) is 0 Å². The molecule has 3 aromatic rings. The fourth-order valence-electron chi connectivity index (χ4n) is 1.92. The Morgan fingerprint density at radius 2 is 1.88 bits per heavy atom. The predicted octanol–water partition coefficient (Wildman–Crippen LogP) is 3.95. The molecule has 0 radical (unpaired) electrons. The van der Waals surface area contributed by atoms with Crippen LogP contribution in [-0.2, 0) is 0 Å². The van der Waals surface area contributed by atoms with E-state index in [9.17, 15) is 8.78 Å². The number of nitriles is 1. The summed E-state index contributed by atoms with van der Waals surface area (Å²) in [5, 5.41) is 11.6. The second-order valence-corrected chi connectivity index (χ2v) is 4.60. The Kier molecular flexibility index (Phi) is 4.34. The number of benzene rings is 1. The van der Waals surface area contributed by atoms with Crippen LogP contribution in [0, 0.1) is 11.3 Å². The van der Waals surface area contributed by atoms with Crippen molar-refractivity contribution in [3.05, 3.63) is 54.5 Å². The van der Waals surface area contributed by atoms with Gasteiger partial charge in [0.2, 0.25) is 0 Å². The zero-order valence-electron chi connectivity index (χ0n) is 12.1. The molecule has 0 saturated carbocycles. The molecule has 0 unspecified atom stereocenters. The maximum absolute atomic E-state index is 12.1. The molecule has 2 heterocycles. The van der Waals surface area contributed by atoms with E-state index in [1.54, 1.807) is 24.3 Å². The molecule has 1 aromatic carbocycles. The third-order valence-corrected chi connectivity index (χ3v) is 3.00. The molecule has 0 bridgehead atoms. The first kappa shape index (κ1) is 15.4. The Morgan fingerprint density at radius 1 is 1.08 bits per heavy atom. The van der Waals surface area contributed by atoms with Crippen molar-refractivity contribution in [3.8, 4) is 23.1 Å². The van der Waals surface area contributed by atoms with Gasteiger partial charge >= 0.3 is 6.61 Å². The highest BCUT2D eigenvalue weighted by molar-refractivity contribution is 5.60. The standard InChI is InChI=1S/C16H10F2N4O2/c17-15(18)23-13-5-1-10(2-6-13)14-9-21-16(24-14)22-12-4-3-11(7-19)20-8-12/h1-6,8-9,15H,(H,21,22). The van der Waals surface area contributed by atoms with Crippen LogP contribution in [0.3, 0.4) is 0 Å². The van der Waals surface area contributed by atoms with Crippen LogP contribution in [-0.4, -0.2) is 16.6 Å². The minimum Gasteiger partial charge on any atom is -0.435 e. The van der Waals surface area contributed by atoms with Gasteiger partial charge in [0, 0.05) is 5.56 Å². The van der Waals surface area contributed by atoms with E-state index >= 15 is 0 Å². The molecular formula is C16H10F2N4O2. The third kappa shape index (κ3) is 3.64. The smallest absolute Gasteiger partial charge is 0.387 e. The number of hydrogen-bond acceptors (Lipinski definition) is 6. The zero-order valence-corrected chi connectivity index (χ0v) is 12.1. The average Bonchev–Trinajstić information content (AvgIpc) is 3.04. The Bertz CT molecular complexity index is 855. The molecule has 0 atom stereocenters. The summed E-state index contributed by atoms with van der Waals surface area (Å²) in [6, 6.07) is 11.4. The summed E-state index contributed by atoms with van der Waals surface area (Å²) < 4.78 is 34.1. The van der Waals surface area contributed by atoms with Gasteiger partial charge in [0.1, 0.15) is 17.5 Å². The first-order chi connectivity index (χ1) is 11.6. The fourth-order valence-corrected chi connectivity index (χ4v) is 1.92. The van der Waals surface area contributed by atoms with Crippen molar-refractivity contribution in [1.82, 2.24) is 9.97 Å². The fraction of sp³-hybridized carbons (Fsp3) is 0.0625. The number of alkyl halides is 2. The van der Waals surface area contributed by atoms with Crippen molar-refractivity contribution in [2.24, 2.45) is 0 Å². The molecule has 1 N–H and O–H groups in total. The molecule has 0 fully saturated rings. The molecule has 0 spiro atoms. The van der Waals surface area contributed by atoms with Crippen LogP contribution in [0.15, 0.2) is 53.2 Å². The van der Waals surface area contributed by atoms with Crippen LogP contribution in [0.5, 0.6) is 5.75 Å². The monoisotopic (exact) mass is 328 g/mol. The molecule has 0 aliphatic carbocycles. The largest absolute Gasteiger partial charge is 0.435 e. The number of rotatable bonds is 5. The maximum Gasteiger partial charge on any atom is 0.387 e. The molecule has 0 aliphatic rings. The van der Waals surface area contributed by atoms with E-state index in [0.29, 0.717) is 22.7 Å². The quantitative estimate of drug-likeness (QED) is 0.763. The van der Waals surface area contributed by atoms with Gasteiger partial charge in [-0.25, -0.2) is 9.97 Å². The SMILES string of the molecule is N#Cc1ccc(Nc2ncc(-c3ccc(OC(F)F)cc3)o2)cn1. The molecule has 0 saturated heterocycles. The number of pyridine rings is 1. The lowest BCUT2D eigenvalue weighted by Crippen LogP contribution is -2.01. The number of anilines is 2. The summed E-state index contributed by atoms with van der Waals surface area (Å²) in [5.74, 6) is 0.526. The molecular weight excluding hydrogens is 318 g/mol. The Morgan fingerprint density at radius 3 is 2.50 bits per heavy atom. The van der Waals surface area contributed by atoms with Crippen molar-refractivity contribution in [1.29, 1.82) is 5.26 Å². The zero-order chi connectivity index (χ0) is 16.9. The number of nitrogens with zero attached hydrogens (tertiary/aromatic N) is 3. The van der Waals surface area contributed by atoms with Gasteiger partial charge < -0.3 is 14.5 Å². The number of nitrogens with one attached hydrogen (secondary N) is 1. The van der Waals surface area contributed by atoms with E-state index in [4.69, 9.17) is 9.68 Å². The number of oxazole rings is 1.